The van der Waals surface area contributed by atoms with Crippen molar-refractivity contribution in [1.29, 1.82) is 0 Å². The van der Waals surface area contributed by atoms with E-state index < -0.39 is 5.97 Å². The molecule has 0 saturated heterocycles. The molecule has 0 spiro atoms. The lowest BCUT2D eigenvalue weighted by atomic mass is 10.2. The topological polar surface area (TPSA) is 52.1 Å². The summed E-state index contributed by atoms with van der Waals surface area (Å²) in [5.74, 6) is -0.365. The Kier molecular flexibility index (Phi) is 3.04. The van der Waals surface area contributed by atoms with Gasteiger partial charge >= 0.3 is 5.97 Å². The molecule has 0 aliphatic rings. The molecule has 4 nitrogen and oxygen atoms in total. The molecule has 0 radical (unpaired) electrons. The second-order valence-electron chi connectivity index (χ2n) is 2.82. The average molecular weight is 220 g/mol. The van der Waals surface area contributed by atoms with Gasteiger partial charge in [-0.2, -0.15) is 4.37 Å². The maximum Gasteiger partial charge on any atom is 0.377 e. The molecule has 1 aromatic heterocycles. The van der Waals surface area contributed by atoms with Crippen molar-refractivity contribution in [2.75, 3.05) is 0 Å². The third-order valence-corrected chi connectivity index (χ3v) is 2.23. The summed E-state index contributed by atoms with van der Waals surface area (Å²) < 4.78 is 8.80. The van der Waals surface area contributed by atoms with Crippen molar-refractivity contribution in [2.24, 2.45) is 0 Å². The number of carbonyl (C=O) groups is 1. The Labute approximate surface area is 90.7 Å². The van der Waals surface area contributed by atoms with Crippen molar-refractivity contribution >= 4 is 17.5 Å². The zero-order valence-electron chi connectivity index (χ0n) is 7.79. The molecule has 5 heteroatoms. The highest BCUT2D eigenvalue weighted by Gasteiger charge is 2.10. The van der Waals surface area contributed by atoms with Gasteiger partial charge in [-0.3, -0.25) is 0 Å². The van der Waals surface area contributed by atoms with E-state index in [-0.39, 0.29) is 12.4 Å². The number of ether oxygens (including phenoxy) is 1. The van der Waals surface area contributed by atoms with Gasteiger partial charge in [-0.1, -0.05) is 30.3 Å². The molecule has 0 bridgehead atoms. The van der Waals surface area contributed by atoms with Crippen LogP contribution in [0.5, 0.6) is 0 Å². The Morgan fingerprint density at radius 2 is 2.13 bits per heavy atom. The van der Waals surface area contributed by atoms with Crippen LogP contribution < -0.4 is 0 Å². The van der Waals surface area contributed by atoms with Crippen LogP contribution in [0.4, 0.5) is 0 Å². The third kappa shape index (κ3) is 2.60. The second kappa shape index (κ2) is 4.65. The molecule has 76 valence electrons. The van der Waals surface area contributed by atoms with E-state index >= 15 is 0 Å². The van der Waals surface area contributed by atoms with E-state index in [1.54, 1.807) is 0 Å². The molecule has 0 amide bonds. The van der Waals surface area contributed by atoms with Crippen LogP contribution in [0.15, 0.2) is 35.8 Å². The summed E-state index contributed by atoms with van der Waals surface area (Å²) in [5.41, 5.74) is 2.44. The van der Waals surface area contributed by atoms with Gasteiger partial charge in [-0.25, -0.2) is 9.78 Å². The van der Waals surface area contributed by atoms with Gasteiger partial charge in [0.05, 0.1) is 0 Å². The summed E-state index contributed by atoms with van der Waals surface area (Å²) in [5, 5.41) is 0. The number of benzene rings is 1. The Morgan fingerprint density at radius 1 is 1.33 bits per heavy atom. The Bertz CT molecular complexity index is 428. The molecule has 15 heavy (non-hydrogen) atoms. The minimum atomic E-state index is -0.486. The molecule has 0 fully saturated rings. The minimum absolute atomic E-state index is 0.121. The first-order valence-electron chi connectivity index (χ1n) is 4.33. The highest BCUT2D eigenvalue weighted by molar-refractivity contribution is 7.03. The second-order valence-corrected chi connectivity index (χ2v) is 3.42. The predicted molar refractivity (Wildman–Crippen MR) is 55.5 cm³/mol. The molecule has 0 unspecified atom stereocenters. The first-order chi connectivity index (χ1) is 7.36. The molecule has 2 aromatic rings. The monoisotopic (exact) mass is 220 g/mol. The van der Waals surface area contributed by atoms with Gasteiger partial charge in [0.1, 0.15) is 12.1 Å². The van der Waals surface area contributed by atoms with Gasteiger partial charge in [0.25, 0.3) is 5.82 Å². The zero-order valence-corrected chi connectivity index (χ0v) is 8.61. The van der Waals surface area contributed by atoms with Crippen LogP contribution in [0.3, 0.4) is 0 Å². The largest absolute Gasteiger partial charge is 0.455 e. The maximum atomic E-state index is 11.3. The highest BCUT2D eigenvalue weighted by Crippen LogP contribution is 2.03. The summed E-state index contributed by atoms with van der Waals surface area (Å²) in [7, 11) is 0. The number of carbonyl (C=O) groups excluding carboxylic acids is 1. The summed E-state index contributed by atoms with van der Waals surface area (Å²) >= 11 is 1.13. The van der Waals surface area contributed by atoms with Crippen molar-refractivity contribution in [3.05, 3.63) is 47.2 Å². The summed E-state index contributed by atoms with van der Waals surface area (Å²) in [6.07, 6.45) is 0. The number of hydrogen-bond donors (Lipinski definition) is 0. The lowest BCUT2D eigenvalue weighted by Crippen LogP contribution is -2.06. The van der Waals surface area contributed by atoms with E-state index in [1.165, 1.54) is 5.51 Å². The van der Waals surface area contributed by atoms with E-state index in [1.807, 2.05) is 30.3 Å². The lowest BCUT2D eigenvalue weighted by molar-refractivity contribution is 0.0460. The molecular weight excluding hydrogens is 212 g/mol. The van der Waals surface area contributed by atoms with Gasteiger partial charge in [0.15, 0.2) is 0 Å². The van der Waals surface area contributed by atoms with Crippen molar-refractivity contribution in [2.45, 2.75) is 6.61 Å². The highest BCUT2D eigenvalue weighted by atomic mass is 32.1. The number of esters is 1. The van der Waals surface area contributed by atoms with E-state index in [4.69, 9.17) is 4.74 Å². The van der Waals surface area contributed by atoms with E-state index in [9.17, 15) is 4.79 Å². The average Bonchev–Trinajstić information content (AvgIpc) is 2.81. The first kappa shape index (κ1) is 9.79. The number of aromatic nitrogens is 2. The van der Waals surface area contributed by atoms with Crippen LogP contribution in [0.2, 0.25) is 0 Å². The van der Waals surface area contributed by atoms with Crippen LogP contribution in [-0.2, 0) is 11.3 Å². The summed E-state index contributed by atoms with van der Waals surface area (Å²) in [4.78, 5) is 15.1. The number of rotatable bonds is 3. The molecule has 0 atom stereocenters. The van der Waals surface area contributed by atoms with Crippen molar-refractivity contribution in [3.63, 3.8) is 0 Å². The van der Waals surface area contributed by atoms with Crippen molar-refractivity contribution in [1.82, 2.24) is 9.36 Å². The summed E-state index contributed by atoms with van der Waals surface area (Å²) in [6, 6.07) is 9.48. The van der Waals surface area contributed by atoms with Gasteiger partial charge in [0, 0.05) is 0 Å². The van der Waals surface area contributed by atoms with E-state index in [0.717, 1.165) is 17.1 Å². The van der Waals surface area contributed by atoms with E-state index in [2.05, 4.69) is 9.36 Å². The third-order valence-electron chi connectivity index (χ3n) is 1.76. The van der Waals surface area contributed by atoms with Gasteiger partial charge in [0.2, 0.25) is 0 Å². The maximum absolute atomic E-state index is 11.3. The molecule has 0 aliphatic heterocycles. The fraction of sp³-hybridized carbons (Fsp3) is 0.100. The van der Waals surface area contributed by atoms with Crippen LogP contribution in [-0.4, -0.2) is 15.3 Å². The van der Waals surface area contributed by atoms with Crippen LogP contribution in [0, 0.1) is 0 Å². The van der Waals surface area contributed by atoms with Crippen LogP contribution in [0.25, 0.3) is 0 Å². The van der Waals surface area contributed by atoms with E-state index in [0.29, 0.717) is 0 Å². The molecule has 1 heterocycles. The quantitative estimate of drug-likeness (QED) is 0.741. The first-order valence-corrected chi connectivity index (χ1v) is 5.17. The molecule has 0 N–H and O–H groups in total. The summed E-state index contributed by atoms with van der Waals surface area (Å²) in [6.45, 7) is 0.249. The Morgan fingerprint density at radius 3 is 2.80 bits per heavy atom. The minimum Gasteiger partial charge on any atom is -0.455 e. The number of hydrogen-bond acceptors (Lipinski definition) is 5. The molecule has 2 rings (SSSR count). The van der Waals surface area contributed by atoms with Crippen LogP contribution in [0.1, 0.15) is 16.2 Å². The molecule has 1 aromatic carbocycles. The number of nitrogens with zero attached hydrogens (tertiary/aromatic N) is 2. The van der Waals surface area contributed by atoms with Crippen molar-refractivity contribution < 1.29 is 9.53 Å². The Hall–Kier alpha value is -1.75. The normalized spacial score (nSPS) is 9.87. The van der Waals surface area contributed by atoms with Gasteiger partial charge in [-0.05, 0) is 17.1 Å². The fourth-order valence-electron chi connectivity index (χ4n) is 1.05. The molecule has 0 aliphatic carbocycles. The standard InChI is InChI=1S/C10H8N2O2S/c13-10(9-11-7-15-12-9)14-6-8-4-2-1-3-5-8/h1-5,7H,6H2. The molecular formula is C10H8N2O2S. The molecule has 0 saturated carbocycles. The van der Waals surface area contributed by atoms with Gasteiger partial charge < -0.3 is 4.74 Å². The fourth-order valence-corrected chi connectivity index (χ4v) is 1.46. The predicted octanol–water partition coefficient (Wildman–Crippen LogP) is 1.90. The Balaban J connectivity index is 1.92. The smallest absolute Gasteiger partial charge is 0.377 e. The SMILES string of the molecule is O=C(OCc1ccccc1)c1ncsn1. The van der Waals surface area contributed by atoms with Gasteiger partial charge in [-0.15, -0.1) is 0 Å². The van der Waals surface area contributed by atoms with Crippen LogP contribution >= 0.6 is 11.5 Å². The zero-order chi connectivity index (χ0) is 10.5. The van der Waals surface area contributed by atoms with Crippen molar-refractivity contribution in [3.8, 4) is 0 Å². The lowest BCUT2D eigenvalue weighted by Gasteiger charge is -2.01.